The van der Waals surface area contributed by atoms with Gasteiger partial charge in [-0.15, -0.1) is 0 Å². The maximum Gasteiger partial charge on any atom is 0.240 e. The van der Waals surface area contributed by atoms with E-state index in [4.69, 9.17) is 37.5 Å². The molecular formula is C17H26Cl2N2O4SSi. The molecule has 152 valence electrons. The van der Waals surface area contributed by atoms with Crippen LogP contribution in [-0.2, 0) is 19.2 Å². The normalized spacial score (nSPS) is 19.1. The molecule has 2 N–H and O–H groups in total. The van der Waals surface area contributed by atoms with E-state index in [1.807, 2.05) is 18.7 Å². The first-order valence-corrected chi connectivity index (χ1v) is 13.7. The number of rotatable bonds is 6. The van der Waals surface area contributed by atoms with Crippen LogP contribution in [0.15, 0.2) is 39.7 Å². The first-order valence-electron chi connectivity index (χ1n) is 8.53. The summed E-state index contributed by atoms with van der Waals surface area (Å²) in [5, 5.41) is 5.04. The fraction of sp³-hybridized carbons (Fsp3) is 0.529. The van der Waals surface area contributed by atoms with Crippen LogP contribution < -0.4 is 10.0 Å². The summed E-state index contributed by atoms with van der Waals surface area (Å²) in [6, 6.07) is 6.68. The van der Waals surface area contributed by atoms with Gasteiger partial charge in [0.1, 0.15) is 9.39 Å². The van der Waals surface area contributed by atoms with Gasteiger partial charge < -0.3 is 14.1 Å². The van der Waals surface area contributed by atoms with E-state index in [1.54, 1.807) is 24.3 Å². The summed E-state index contributed by atoms with van der Waals surface area (Å²) < 4.78 is 36.2. The third-order valence-electron chi connectivity index (χ3n) is 4.99. The Hall–Kier alpha value is -0.613. The van der Waals surface area contributed by atoms with Crippen LogP contribution in [-0.4, -0.2) is 42.7 Å². The van der Waals surface area contributed by atoms with Gasteiger partial charge in [0, 0.05) is 11.6 Å². The average Bonchev–Trinajstić information content (AvgIpc) is 2.52. The van der Waals surface area contributed by atoms with Crippen LogP contribution in [0.25, 0.3) is 0 Å². The molecule has 1 aliphatic heterocycles. The minimum Gasteiger partial charge on any atom is -0.391 e. The molecule has 0 radical (unpaired) electrons. The van der Waals surface area contributed by atoms with Crippen molar-refractivity contribution in [2.45, 2.75) is 43.2 Å². The van der Waals surface area contributed by atoms with Gasteiger partial charge in [0.25, 0.3) is 0 Å². The molecule has 0 saturated carbocycles. The van der Waals surface area contributed by atoms with Gasteiger partial charge in [-0.25, -0.2) is 13.6 Å². The number of halogens is 2. The largest absolute Gasteiger partial charge is 0.391 e. The molecule has 10 heteroatoms. The second-order valence-corrected chi connectivity index (χ2v) is 14.6. The first-order chi connectivity index (χ1) is 12.3. The van der Waals surface area contributed by atoms with Gasteiger partial charge in [-0.3, -0.25) is 0 Å². The SMILES string of the molecule is CC(C)(C=C(Cl)Cl)[Si](C)(C)OC1CN(c2ccccc2S(N)(=O)=O)CCO1. The molecule has 1 aliphatic rings. The molecule has 0 bridgehead atoms. The molecule has 27 heavy (non-hydrogen) atoms. The van der Waals surface area contributed by atoms with Crippen molar-refractivity contribution in [3.05, 3.63) is 34.8 Å². The zero-order valence-electron chi connectivity index (χ0n) is 15.9. The summed E-state index contributed by atoms with van der Waals surface area (Å²) in [6.45, 7) is 9.56. The monoisotopic (exact) mass is 452 g/mol. The van der Waals surface area contributed by atoms with Crippen LogP contribution >= 0.6 is 23.2 Å². The Morgan fingerprint density at radius 1 is 1.37 bits per heavy atom. The second-order valence-electron chi connectivity index (χ2n) is 7.54. The number of nitrogens with two attached hydrogens (primary N) is 1. The molecule has 2 rings (SSSR count). The molecule has 1 heterocycles. The number of para-hydroxylation sites is 1. The molecule has 0 aliphatic carbocycles. The van der Waals surface area contributed by atoms with Crippen LogP contribution in [0.4, 0.5) is 5.69 Å². The minimum absolute atomic E-state index is 0.0966. The van der Waals surface area contributed by atoms with E-state index in [0.717, 1.165) is 0 Å². The number of hydrogen-bond donors (Lipinski definition) is 1. The lowest BCUT2D eigenvalue weighted by atomic mass is 10.2. The molecule has 1 saturated heterocycles. The fourth-order valence-corrected chi connectivity index (χ4v) is 5.88. The molecule has 1 unspecified atom stereocenters. The number of hydrogen-bond acceptors (Lipinski definition) is 5. The van der Waals surface area contributed by atoms with Crippen molar-refractivity contribution in [3.63, 3.8) is 0 Å². The maximum absolute atomic E-state index is 11.9. The number of morpholine rings is 1. The van der Waals surface area contributed by atoms with E-state index < -0.39 is 24.6 Å². The Kier molecular flexibility index (Phi) is 7.06. The zero-order valence-corrected chi connectivity index (χ0v) is 19.2. The van der Waals surface area contributed by atoms with E-state index in [9.17, 15) is 8.42 Å². The minimum atomic E-state index is -3.82. The number of anilines is 1. The van der Waals surface area contributed by atoms with E-state index in [-0.39, 0.29) is 14.4 Å². The molecule has 0 amide bonds. The zero-order chi connectivity index (χ0) is 20.5. The van der Waals surface area contributed by atoms with Gasteiger partial charge in [-0.05, 0) is 31.3 Å². The van der Waals surface area contributed by atoms with E-state index >= 15 is 0 Å². The number of nitrogens with zero attached hydrogens (tertiary/aromatic N) is 1. The Labute approximate surface area is 172 Å². The molecule has 1 atom stereocenters. The third-order valence-corrected chi connectivity index (χ3v) is 10.3. The first kappa shape index (κ1) is 22.7. The smallest absolute Gasteiger partial charge is 0.240 e. The molecule has 1 aromatic carbocycles. The van der Waals surface area contributed by atoms with Gasteiger partial charge in [0.2, 0.25) is 10.0 Å². The standard InChI is InChI=1S/C17H26Cl2N2O4SSi/c1-17(2,11-15(18)19)27(3,4)25-16-12-21(9-10-24-16)13-7-5-6-8-14(13)26(20,22)23/h5-8,11,16H,9-10,12H2,1-4H3,(H2,20,22,23). The number of primary sulfonamides is 1. The molecule has 0 aromatic heterocycles. The molecule has 6 nitrogen and oxygen atoms in total. The van der Waals surface area contributed by atoms with Gasteiger partial charge in [0.05, 0.1) is 18.8 Å². The van der Waals surface area contributed by atoms with E-state index in [1.165, 1.54) is 6.07 Å². The Balaban J connectivity index is 2.22. The molecule has 0 spiro atoms. The van der Waals surface area contributed by atoms with Gasteiger partial charge in [-0.1, -0.05) is 49.2 Å². The van der Waals surface area contributed by atoms with Crippen molar-refractivity contribution in [2.24, 2.45) is 5.14 Å². The number of sulfonamides is 1. The van der Waals surface area contributed by atoms with Crippen LogP contribution in [0, 0.1) is 0 Å². The highest BCUT2D eigenvalue weighted by atomic mass is 35.5. The summed E-state index contributed by atoms with van der Waals surface area (Å²) in [6.07, 6.45) is 1.30. The summed E-state index contributed by atoms with van der Waals surface area (Å²) >= 11 is 11.7. The van der Waals surface area contributed by atoms with Crippen molar-refractivity contribution in [1.29, 1.82) is 0 Å². The molecule has 1 aromatic rings. The Morgan fingerprint density at radius 3 is 2.59 bits per heavy atom. The van der Waals surface area contributed by atoms with Crippen molar-refractivity contribution >= 4 is 47.2 Å². The Morgan fingerprint density at radius 2 is 2.00 bits per heavy atom. The average molecular weight is 453 g/mol. The lowest BCUT2D eigenvalue weighted by Crippen LogP contribution is -2.51. The highest BCUT2D eigenvalue weighted by Crippen LogP contribution is 2.42. The van der Waals surface area contributed by atoms with E-state index in [2.05, 4.69) is 13.1 Å². The predicted molar refractivity (Wildman–Crippen MR) is 112 cm³/mol. The van der Waals surface area contributed by atoms with Crippen molar-refractivity contribution in [1.82, 2.24) is 0 Å². The summed E-state index contributed by atoms with van der Waals surface area (Å²) in [5.74, 6) is 0. The van der Waals surface area contributed by atoms with Crippen LogP contribution in [0.2, 0.25) is 18.1 Å². The molecular weight excluding hydrogens is 427 g/mol. The third kappa shape index (κ3) is 5.69. The van der Waals surface area contributed by atoms with Crippen LogP contribution in [0.5, 0.6) is 0 Å². The predicted octanol–water partition coefficient (Wildman–Crippen LogP) is 3.82. The fourth-order valence-electron chi connectivity index (χ4n) is 2.79. The summed E-state index contributed by atoms with van der Waals surface area (Å²) in [7, 11) is -6.13. The van der Waals surface area contributed by atoms with Crippen molar-refractivity contribution < 1.29 is 17.6 Å². The van der Waals surface area contributed by atoms with Gasteiger partial charge in [0.15, 0.2) is 14.6 Å². The Bertz CT molecular complexity index is 811. The number of ether oxygens (including phenoxy) is 1. The second kappa shape index (κ2) is 8.40. The van der Waals surface area contributed by atoms with E-state index in [0.29, 0.717) is 25.4 Å². The molecule has 1 fully saturated rings. The lowest BCUT2D eigenvalue weighted by Gasteiger charge is -2.43. The highest BCUT2D eigenvalue weighted by Gasteiger charge is 2.42. The quantitative estimate of drug-likeness (QED) is 0.663. The summed E-state index contributed by atoms with van der Waals surface area (Å²) in [4.78, 5) is 2.02. The van der Waals surface area contributed by atoms with Crippen molar-refractivity contribution in [2.75, 3.05) is 24.6 Å². The number of benzene rings is 1. The summed E-state index contributed by atoms with van der Waals surface area (Å²) in [5.41, 5.74) is 0.555. The lowest BCUT2D eigenvalue weighted by molar-refractivity contribution is -0.0940. The van der Waals surface area contributed by atoms with Crippen molar-refractivity contribution in [3.8, 4) is 0 Å². The van der Waals surface area contributed by atoms with Crippen LogP contribution in [0.3, 0.4) is 0 Å². The van der Waals surface area contributed by atoms with Crippen LogP contribution in [0.1, 0.15) is 13.8 Å². The van der Waals surface area contributed by atoms with Gasteiger partial charge >= 0.3 is 0 Å². The topological polar surface area (TPSA) is 81.9 Å². The highest BCUT2D eigenvalue weighted by molar-refractivity contribution is 7.89. The van der Waals surface area contributed by atoms with Gasteiger partial charge in [-0.2, -0.15) is 0 Å². The number of allylic oxidation sites excluding steroid dienone is 1. The maximum atomic E-state index is 11.9.